The van der Waals surface area contributed by atoms with E-state index in [0.717, 1.165) is 42.7 Å². The first-order valence-electron chi connectivity index (χ1n) is 7.24. The Morgan fingerprint density at radius 2 is 2.05 bits per heavy atom. The molecule has 0 atom stereocenters. The fourth-order valence-corrected chi connectivity index (χ4v) is 2.96. The molecule has 0 radical (unpaired) electrons. The van der Waals surface area contributed by atoms with Gasteiger partial charge in [-0.3, -0.25) is 5.32 Å². The minimum atomic E-state index is -0.484. The number of amides is 1. The number of rotatable bonds is 1. The van der Waals surface area contributed by atoms with Gasteiger partial charge < -0.3 is 9.47 Å². The van der Waals surface area contributed by atoms with Gasteiger partial charge in [-0.1, -0.05) is 0 Å². The second kappa shape index (κ2) is 4.69. The van der Waals surface area contributed by atoms with Crippen molar-refractivity contribution in [3.05, 3.63) is 22.8 Å². The zero-order valence-corrected chi connectivity index (χ0v) is 12.3. The van der Waals surface area contributed by atoms with Gasteiger partial charge in [0.05, 0.1) is 12.3 Å². The van der Waals surface area contributed by atoms with E-state index in [1.54, 1.807) is 0 Å². The normalized spacial score (nSPS) is 16.4. The highest BCUT2D eigenvalue weighted by Crippen LogP contribution is 2.40. The van der Waals surface area contributed by atoms with E-state index in [0.29, 0.717) is 6.61 Å². The van der Waals surface area contributed by atoms with E-state index in [2.05, 4.69) is 11.4 Å². The van der Waals surface area contributed by atoms with Gasteiger partial charge in [0.2, 0.25) is 0 Å². The Bertz CT molecular complexity index is 526. The molecular formula is C16H21NO3. The fraction of sp³-hybridized carbons (Fsp3) is 0.562. The molecule has 1 amide bonds. The highest BCUT2D eigenvalue weighted by molar-refractivity contribution is 5.89. The van der Waals surface area contributed by atoms with Gasteiger partial charge in [0, 0.05) is 12.0 Å². The smallest absolute Gasteiger partial charge is 0.412 e. The van der Waals surface area contributed by atoms with Crippen LogP contribution in [0.25, 0.3) is 0 Å². The number of nitrogens with one attached hydrogen (secondary N) is 1. The number of carbonyl (C=O) groups is 1. The molecule has 108 valence electrons. The molecule has 4 nitrogen and oxygen atoms in total. The first kappa shape index (κ1) is 13.3. The van der Waals surface area contributed by atoms with Gasteiger partial charge in [0.1, 0.15) is 11.4 Å². The van der Waals surface area contributed by atoms with Crippen LogP contribution in [0.1, 0.15) is 43.9 Å². The average Bonchev–Trinajstić information content (AvgIpc) is 2.93. The summed E-state index contributed by atoms with van der Waals surface area (Å²) in [5.41, 5.74) is 4.14. The second-order valence-electron chi connectivity index (χ2n) is 6.44. The number of carbonyl (C=O) groups excluding carboxylic acids is 1. The van der Waals surface area contributed by atoms with Crippen molar-refractivity contribution in [2.75, 3.05) is 11.9 Å². The topological polar surface area (TPSA) is 47.6 Å². The highest BCUT2D eigenvalue weighted by Gasteiger charge is 2.27. The third-order valence-electron chi connectivity index (χ3n) is 3.70. The van der Waals surface area contributed by atoms with Crippen LogP contribution in [0.2, 0.25) is 0 Å². The quantitative estimate of drug-likeness (QED) is 0.854. The molecule has 1 aromatic carbocycles. The van der Waals surface area contributed by atoms with E-state index in [1.165, 1.54) is 11.1 Å². The predicted octanol–water partition coefficient (Wildman–Crippen LogP) is 3.46. The number of aryl methyl sites for hydroxylation is 1. The highest BCUT2D eigenvalue weighted by atomic mass is 16.6. The Labute approximate surface area is 119 Å². The van der Waals surface area contributed by atoms with E-state index in [9.17, 15) is 4.79 Å². The van der Waals surface area contributed by atoms with Gasteiger partial charge in [-0.25, -0.2) is 4.79 Å². The summed E-state index contributed by atoms with van der Waals surface area (Å²) in [7, 11) is 0. The minimum absolute atomic E-state index is 0.382. The zero-order valence-electron chi connectivity index (χ0n) is 12.3. The van der Waals surface area contributed by atoms with E-state index >= 15 is 0 Å². The van der Waals surface area contributed by atoms with Crippen molar-refractivity contribution in [3.63, 3.8) is 0 Å². The summed E-state index contributed by atoms with van der Waals surface area (Å²) in [6, 6.07) is 2.14. The fourth-order valence-electron chi connectivity index (χ4n) is 2.96. The van der Waals surface area contributed by atoms with Crippen molar-refractivity contribution in [3.8, 4) is 5.75 Å². The van der Waals surface area contributed by atoms with Gasteiger partial charge in [-0.2, -0.15) is 0 Å². The molecule has 4 heteroatoms. The minimum Gasteiger partial charge on any atom is -0.493 e. The summed E-state index contributed by atoms with van der Waals surface area (Å²) in [5, 5.41) is 2.96. The van der Waals surface area contributed by atoms with E-state index in [4.69, 9.17) is 9.47 Å². The largest absolute Gasteiger partial charge is 0.493 e. The summed E-state index contributed by atoms with van der Waals surface area (Å²) < 4.78 is 11.0. The lowest BCUT2D eigenvalue weighted by Gasteiger charge is -2.21. The van der Waals surface area contributed by atoms with Crippen LogP contribution < -0.4 is 10.1 Å². The van der Waals surface area contributed by atoms with Gasteiger partial charge in [0.15, 0.2) is 0 Å². The lowest BCUT2D eigenvalue weighted by Crippen LogP contribution is -2.27. The molecule has 0 spiro atoms. The molecule has 3 rings (SSSR count). The van der Waals surface area contributed by atoms with Gasteiger partial charge >= 0.3 is 6.09 Å². The van der Waals surface area contributed by atoms with Crippen molar-refractivity contribution in [1.29, 1.82) is 0 Å². The molecule has 1 N–H and O–H groups in total. The van der Waals surface area contributed by atoms with E-state index < -0.39 is 5.60 Å². The van der Waals surface area contributed by atoms with Gasteiger partial charge in [0.25, 0.3) is 0 Å². The maximum absolute atomic E-state index is 12.1. The van der Waals surface area contributed by atoms with Crippen LogP contribution in [0, 0.1) is 0 Å². The summed E-state index contributed by atoms with van der Waals surface area (Å²) in [4.78, 5) is 12.1. The maximum atomic E-state index is 12.1. The van der Waals surface area contributed by atoms with Crippen LogP contribution in [0.5, 0.6) is 5.75 Å². The molecule has 20 heavy (non-hydrogen) atoms. The first-order chi connectivity index (χ1) is 9.44. The van der Waals surface area contributed by atoms with Gasteiger partial charge in [-0.05, 0) is 57.2 Å². The maximum Gasteiger partial charge on any atom is 0.412 e. The Balaban J connectivity index is 1.91. The molecule has 1 aliphatic carbocycles. The first-order valence-corrected chi connectivity index (χ1v) is 7.24. The summed E-state index contributed by atoms with van der Waals surface area (Å²) in [6.07, 6.45) is 3.70. The molecule has 1 aliphatic heterocycles. The van der Waals surface area contributed by atoms with Crippen LogP contribution in [0.3, 0.4) is 0 Å². The average molecular weight is 275 g/mol. The van der Waals surface area contributed by atoms with Crippen LogP contribution in [0.15, 0.2) is 6.07 Å². The Morgan fingerprint density at radius 1 is 1.25 bits per heavy atom. The summed E-state index contributed by atoms with van der Waals surface area (Å²) in [6.45, 7) is 6.31. The van der Waals surface area contributed by atoms with Crippen molar-refractivity contribution < 1.29 is 14.3 Å². The zero-order chi connectivity index (χ0) is 14.3. The Kier molecular flexibility index (Phi) is 3.11. The Morgan fingerprint density at radius 3 is 2.80 bits per heavy atom. The molecule has 1 aromatic rings. The molecule has 0 unspecified atom stereocenters. The predicted molar refractivity (Wildman–Crippen MR) is 77.5 cm³/mol. The van der Waals surface area contributed by atoms with E-state index in [-0.39, 0.29) is 6.09 Å². The second-order valence-corrected chi connectivity index (χ2v) is 6.44. The Hall–Kier alpha value is -1.71. The monoisotopic (exact) mass is 275 g/mol. The van der Waals surface area contributed by atoms with Crippen molar-refractivity contribution in [1.82, 2.24) is 0 Å². The molecule has 0 aromatic heterocycles. The van der Waals surface area contributed by atoms with Crippen molar-refractivity contribution in [2.24, 2.45) is 0 Å². The number of anilines is 1. The number of hydrogen-bond acceptors (Lipinski definition) is 3. The van der Waals surface area contributed by atoms with Gasteiger partial charge in [-0.15, -0.1) is 0 Å². The molecule has 0 fully saturated rings. The van der Waals surface area contributed by atoms with Crippen molar-refractivity contribution >= 4 is 11.8 Å². The lowest BCUT2D eigenvalue weighted by atomic mass is 10.0. The van der Waals surface area contributed by atoms with Crippen LogP contribution in [0.4, 0.5) is 10.5 Å². The van der Waals surface area contributed by atoms with Crippen LogP contribution in [-0.4, -0.2) is 18.3 Å². The molecule has 1 heterocycles. The number of fused-ring (bicyclic) bond motifs is 2. The SMILES string of the molecule is CC(C)(C)OC(=O)Nc1c2c(cc3c1CCO3)CCC2. The third kappa shape index (κ3) is 2.47. The summed E-state index contributed by atoms with van der Waals surface area (Å²) in [5.74, 6) is 0.928. The standard InChI is InChI=1S/C16H21NO3/c1-16(2,3)20-15(18)17-14-11-6-4-5-10(11)9-13-12(14)7-8-19-13/h9H,4-8H2,1-3H3,(H,17,18). The third-order valence-corrected chi connectivity index (χ3v) is 3.70. The molecule has 2 aliphatic rings. The van der Waals surface area contributed by atoms with Crippen LogP contribution >= 0.6 is 0 Å². The molecule has 0 bridgehead atoms. The number of hydrogen-bond donors (Lipinski definition) is 1. The summed E-state index contributed by atoms with van der Waals surface area (Å²) >= 11 is 0. The van der Waals surface area contributed by atoms with Crippen LogP contribution in [-0.2, 0) is 24.0 Å². The number of benzene rings is 1. The lowest BCUT2D eigenvalue weighted by molar-refractivity contribution is 0.0635. The molecule has 0 saturated heterocycles. The van der Waals surface area contributed by atoms with E-state index in [1.807, 2.05) is 20.8 Å². The number of ether oxygens (including phenoxy) is 2. The van der Waals surface area contributed by atoms with Crippen molar-refractivity contribution in [2.45, 2.75) is 52.1 Å². The molecule has 0 saturated carbocycles. The molecular weight excluding hydrogens is 254 g/mol.